The zero-order chi connectivity index (χ0) is 18.5. The van der Waals surface area contributed by atoms with Gasteiger partial charge in [0.15, 0.2) is 0 Å². The van der Waals surface area contributed by atoms with Crippen LogP contribution in [0.1, 0.15) is 31.2 Å². The zero-order valence-corrected chi connectivity index (χ0v) is 14.5. The Labute approximate surface area is 153 Å². The molecule has 7 heteroatoms. The lowest BCUT2D eigenvalue weighted by molar-refractivity contribution is -0.137. The number of carbonyl (C=O) groups is 1. The Kier molecular flexibility index (Phi) is 4.18. The first-order valence-electron chi connectivity index (χ1n) is 8.46. The topological polar surface area (TPSA) is 33.2 Å². The van der Waals surface area contributed by atoms with E-state index in [4.69, 9.17) is 11.6 Å². The fraction of sp³-hybridized carbons (Fsp3) is 0.368. The van der Waals surface area contributed by atoms with Gasteiger partial charge in [0, 0.05) is 41.7 Å². The zero-order valence-electron chi connectivity index (χ0n) is 13.8. The van der Waals surface area contributed by atoms with Gasteiger partial charge in [-0.15, -0.1) is 0 Å². The lowest BCUT2D eigenvalue weighted by Gasteiger charge is -2.36. The summed E-state index contributed by atoms with van der Waals surface area (Å²) in [5.41, 5.74) is 0.184. The molecule has 0 N–H and O–H groups in total. The normalized spacial score (nSPS) is 22.8. The van der Waals surface area contributed by atoms with E-state index in [1.54, 1.807) is 29.2 Å². The van der Waals surface area contributed by atoms with Crippen LogP contribution in [-0.2, 0) is 11.0 Å². The smallest absolute Gasteiger partial charge is 0.349 e. The summed E-state index contributed by atoms with van der Waals surface area (Å²) >= 11 is 5.95. The number of nitrogens with zero attached hydrogens (tertiary/aromatic N) is 2. The fourth-order valence-electron chi connectivity index (χ4n) is 4.01. The molecule has 26 heavy (non-hydrogen) atoms. The molecule has 0 radical (unpaired) electrons. The number of hydrogen-bond acceptors (Lipinski definition) is 3. The van der Waals surface area contributed by atoms with Crippen molar-refractivity contribution in [1.82, 2.24) is 4.98 Å². The second-order valence-electron chi connectivity index (χ2n) is 6.84. The van der Waals surface area contributed by atoms with Crippen molar-refractivity contribution < 1.29 is 18.0 Å². The molecule has 2 fully saturated rings. The van der Waals surface area contributed by atoms with Crippen LogP contribution in [0.25, 0.3) is 11.1 Å². The maximum atomic E-state index is 13.8. The third kappa shape index (κ3) is 3.07. The van der Waals surface area contributed by atoms with Crippen LogP contribution < -0.4 is 4.90 Å². The molecule has 2 aliphatic heterocycles. The molecule has 3 heterocycles. The number of pyridine rings is 1. The van der Waals surface area contributed by atoms with Gasteiger partial charge in [-0.25, -0.2) is 4.98 Å². The molecule has 2 aromatic rings. The fourth-order valence-corrected chi connectivity index (χ4v) is 4.20. The number of halogens is 4. The van der Waals surface area contributed by atoms with Crippen LogP contribution >= 0.6 is 11.6 Å². The Morgan fingerprint density at radius 1 is 1.08 bits per heavy atom. The average molecular weight is 381 g/mol. The van der Waals surface area contributed by atoms with Gasteiger partial charge in [-0.3, -0.25) is 4.79 Å². The number of piperidine rings is 1. The quantitative estimate of drug-likeness (QED) is 0.725. The molecule has 0 spiro atoms. The number of alkyl halides is 3. The summed E-state index contributed by atoms with van der Waals surface area (Å²) in [6.07, 6.45) is -1.03. The van der Waals surface area contributed by atoms with Gasteiger partial charge in [-0.1, -0.05) is 23.7 Å². The first-order chi connectivity index (χ1) is 12.3. The molecule has 4 rings (SSSR count). The summed E-state index contributed by atoms with van der Waals surface area (Å²) in [5.74, 6) is 0.0566. The van der Waals surface area contributed by atoms with E-state index in [0.29, 0.717) is 29.0 Å². The predicted octanol–water partition coefficient (Wildman–Crippen LogP) is 5.12. The van der Waals surface area contributed by atoms with E-state index >= 15 is 0 Å². The summed E-state index contributed by atoms with van der Waals surface area (Å²) in [6.45, 7) is 0. The van der Waals surface area contributed by atoms with Gasteiger partial charge < -0.3 is 4.90 Å². The number of aromatic nitrogens is 1. The highest BCUT2D eigenvalue weighted by molar-refractivity contribution is 6.30. The minimum Gasteiger partial charge on any atom is -0.349 e. The van der Waals surface area contributed by atoms with Crippen molar-refractivity contribution in [3.8, 4) is 11.1 Å². The molecule has 0 aliphatic carbocycles. The number of rotatable bonds is 2. The Hall–Kier alpha value is -2.08. The number of fused-ring (bicyclic) bond motifs is 2. The Balaban J connectivity index is 1.80. The van der Waals surface area contributed by atoms with Crippen molar-refractivity contribution in [2.45, 2.75) is 43.9 Å². The van der Waals surface area contributed by atoms with Crippen LogP contribution in [0, 0.1) is 0 Å². The summed E-state index contributed by atoms with van der Waals surface area (Å²) < 4.78 is 41.3. The second kappa shape index (κ2) is 6.27. The Morgan fingerprint density at radius 3 is 2.38 bits per heavy atom. The number of hydrogen-bond donors (Lipinski definition) is 0. The van der Waals surface area contributed by atoms with Gasteiger partial charge >= 0.3 is 6.18 Å². The maximum Gasteiger partial charge on any atom is 0.419 e. The highest BCUT2D eigenvalue weighted by Gasteiger charge is 2.45. The minimum atomic E-state index is -4.53. The van der Waals surface area contributed by atoms with Crippen molar-refractivity contribution in [2.24, 2.45) is 0 Å². The standard InChI is InChI=1S/C19H16ClF3N2O/c20-13-3-1-2-11(6-13)12-7-17(19(21,22)23)18(24-10-12)25-14-4-5-15(25)9-16(26)8-14/h1-3,6-7,10,14-15H,4-5,8-9H2. The molecular weight excluding hydrogens is 365 g/mol. The number of benzene rings is 1. The highest BCUT2D eigenvalue weighted by atomic mass is 35.5. The lowest BCUT2D eigenvalue weighted by Crippen LogP contribution is -2.44. The number of Topliss-reactive ketones (excluding diaryl/α,β-unsaturated/α-hetero) is 1. The minimum absolute atomic E-state index is 0.0664. The van der Waals surface area contributed by atoms with E-state index < -0.39 is 11.7 Å². The second-order valence-corrected chi connectivity index (χ2v) is 7.28. The molecular formula is C19H16ClF3N2O. The van der Waals surface area contributed by atoms with Gasteiger partial charge in [0.1, 0.15) is 11.6 Å². The van der Waals surface area contributed by atoms with Crippen molar-refractivity contribution in [3.05, 3.63) is 47.1 Å². The summed E-state index contributed by atoms with van der Waals surface area (Å²) in [6, 6.07) is 7.42. The van der Waals surface area contributed by atoms with Crippen molar-refractivity contribution in [2.75, 3.05) is 4.90 Å². The van der Waals surface area contributed by atoms with E-state index in [1.165, 1.54) is 6.20 Å². The number of anilines is 1. The first kappa shape index (κ1) is 17.3. The predicted molar refractivity (Wildman–Crippen MR) is 93.2 cm³/mol. The molecule has 0 saturated carbocycles. The van der Waals surface area contributed by atoms with Gasteiger partial charge in [0.2, 0.25) is 0 Å². The van der Waals surface area contributed by atoms with Crippen LogP contribution in [0.2, 0.25) is 5.02 Å². The summed E-state index contributed by atoms with van der Waals surface area (Å²) in [5, 5.41) is 0.452. The molecule has 1 aromatic carbocycles. The number of carbonyl (C=O) groups excluding carboxylic acids is 1. The van der Waals surface area contributed by atoms with Crippen LogP contribution in [0.4, 0.5) is 19.0 Å². The molecule has 3 nitrogen and oxygen atoms in total. The van der Waals surface area contributed by atoms with Crippen molar-refractivity contribution in [1.29, 1.82) is 0 Å². The molecule has 2 atom stereocenters. The molecule has 1 aromatic heterocycles. The van der Waals surface area contributed by atoms with Crippen LogP contribution in [0.15, 0.2) is 36.5 Å². The largest absolute Gasteiger partial charge is 0.419 e. The molecule has 2 bridgehead atoms. The van der Waals surface area contributed by atoms with Gasteiger partial charge in [-0.2, -0.15) is 13.2 Å². The maximum absolute atomic E-state index is 13.8. The van der Waals surface area contributed by atoms with E-state index in [9.17, 15) is 18.0 Å². The molecule has 2 unspecified atom stereocenters. The lowest BCUT2D eigenvalue weighted by atomic mass is 9.99. The third-order valence-corrected chi connectivity index (χ3v) is 5.36. The van der Waals surface area contributed by atoms with Gasteiger partial charge in [-0.05, 0) is 36.6 Å². The van der Waals surface area contributed by atoms with Crippen molar-refractivity contribution in [3.63, 3.8) is 0 Å². The SMILES string of the molecule is O=C1CC2CCC(C1)N2c1ncc(-c2cccc(Cl)c2)cc1C(F)(F)F. The molecule has 136 valence electrons. The van der Waals surface area contributed by atoms with Gasteiger partial charge in [0.05, 0.1) is 5.56 Å². The first-order valence-corrected chi connectivity index (χ1v) is 8.84. The monoisotopic (exact) mass is 380 g/mol. The van der Waals surface area contributed by atoms with Gasteiger partial charge in [0.25, 0.3) is 0 Å². The van der Waals surface area contributed by atoms with E-state index in [2.05, 4.69) is 4.98 Å². The Bertz CT molecular complexity index is 852. The van der Waals surface area contributed by atoms with Crippen LogP contribution in [-0.4, -0.2) is 22.9 Å². The summed E-state index contributed by atoms with van der Waals surface area (Å²) in [7, 11) is 0. The van der Waals surface area contributed by atoms with E-state index in [-0.39, 0.29) is 23.7 Å². The van der Waals surface area contributed by atoms with Crippen LogP contribution in [0.5, 0.6) is 0 Å². The van der Waals surface area contributed by atoms with Crippen molar-refractivity contribution >= 4 is 23.2 Å². The van der Waals surface area contributed by atoms with E-state index in [0.717, 1.165) is 18.9 Å². The third-order valence-electron chi connectivity index (χ3n) is 5.12. The molecule has 2 saturated heterocycles. The summed E-state index contributed by atoms with van der Waals surface area (Å²) in [4.78, 5) is 17.7. The average Bonchev–Trinajstić information content (AvgIpc) is 2.85. The Morgan fingerprint density at radius 2 is 1.77 bits per heavy atom. The number of ketones is 1. The molecule has 2 aliphatic rings. The molecule has 0 amide bonds. The highest BCUT2D eigenvalue weighted by Crippen LogP contribution is 2.44. The van der Waals surface area contributed by atoms with Crippen LogP contribution in [0.3, 0.4) is 0 Å². The van der Waals surface area contributed by atoms with E-state index in [1.807, 2.05) is 0 Å².